The third kappa shape index (κ3) is 3.20. The zero-order chi connectivity index (χ0) is 14.7. The van der Waals surface area contributed by atoms with Gasteiger partial charge in [-0.05, 0) is 12.3 Å². The number of benzene rings is 1. The number of nitrogens with zero attached hydrogens (tertiary/aromatic N) is 1. The van der Waals surface area contributed by atoms with Crippen molar-refractivity contribution in [3.8, 4) is 11.3 Å². The molecule has 4 N–H and O–H groups in total. The molecule has 0 saturated carbocycles. The number of anilines is 1. The highest BCUT2D eigenvalue weighted by molar-refractivity contribution is 5.94. The van der Waals surface area contributed by atoms with Crippen molar-refractivity contribution in [2.24, 2.45) is 11.7 Å². The monoisotopic (exact) mass is 282 g/mol. The average molecular weight is 282 g/mol. The van der Waals surface area contributed by atoms with Crippen molar-refractivity contribution in [2.75, 3.05) is 5.32 Å². The lowest BCUT2D eigenvalue weighted by molar-refractivity contribution is -0.116. The molecule has 0 aliphatic heterocycles. The van der Waals surface area contributed by atoms with Gasteiger partial charge >= 0.3 is 0 Å². The molecule has 1 heterocycles. The zero-order valence-electron chi connectivity index (χ0n) is 11.6. The molecule has 2 atom stereocenters. The van der Waals surface area contributed by atoms with Gasteiger partial charge in [0.25, 0.3) is 0 Å². The van der Waals surface area contributed by atoms with Crippen LogP contribution in [0, 0.1) is 5.92 Å². The number of carbonyl (C=O) groups excluding carboxylic acids is 1. The minimum atomic E-state index is -0.0164. The highest BCUT2D eigenvalue weighted by atomic mass is 16.1. The van der Waals surface area contributed by atoms with E-state index in [0.717, 1.165) is 17.7 Å². The molecule has 5 nitrogen and oxygen atoms in total. The Morgan fingerprint density at radius 2 is 2.14 bits per heavy atom. The number of amides is 1. The van der Waals surface area contributed by atoms with Gasteiger partial charge in [0.15, 0.2) is 0 Å². The van der Waals surface area contributed by atoms with Crippen LogP contribution in [0.25, 0.3) is 11.3 Å². The maximum Gasteiger partial charge on any atom is 0.225 e. The van der Waals surface area contributed by atoms with Crippen LogP contribution in [-0.2, 0) is 4.79 Å². The SMILES string of the molecule is N[C@H]1C=C[C@@H](CC(=O)Nc2cn[nH]c2-c2ccccc2)C1. The molecule has 0 unspecified atom stereocenters. The molecule has 3 rings (SSSR count). The van der Waals surface area contributed by atoms with E-state index >= 15 is 0 Å². The predicted octanol–water partition coefficient (Wildman–Crippen LogP) is 2.31. The van der Waals surface area contributed by atoms with Crippen LogP contribution >= 0.6 is 0 Å². The molecule has 0 radical (unpaired) electrons. The van der Waals surface area contributed by atoms with Crippen molar-refractivity contribution in [2.45, 2.75) is 18.9 Å². The highest BCUT2D eigenvalue weighted by Gasteiger charge is 2.19. The van der Waals surface area contributed by atoms with Crippen LogP contribution in [0.15, 0.2) is 48.7 Å². The lowest BCUT2D eigenvalue weighted by atomic mass is 10.0. The number of aromatic amines is 1. The van der Waals surface area contributed by atoms with Crippen molar-refractivity contribution in [1.82, 2.24) is 10.2 Å². The summed E-state index contributed by atoms with van der Waals surface area (Å²) in [5.74, 6) is 0.212. The summed E-state index contributed by atoms with van der Waals surface area (Å²) >= 11 is 0. The fraction of sp³-hybridized carbons (Fsp3) is 0.250. The average Bonchev–Trinajstić information content (AvgIpc) is 3.09. The first-order valence-corrected chi connectivity index (χ1v) is 7.05. The largest absolute Gasteiger partial charge is 0.324 e. The maximum absolute atomic E-state index is 12.1. The number of nitrogens with two attached hydrogens (primary N) is 1. The highest BCUT2D eigenvalue weighted by Crippen LogP contribution is 2.26. The summed E-state index contributed by atoms with van der Waals surface area (Å²) in [7, 11) is 0. The molecule has 5 heteroatoms. The van der Waals surface area contributed by atoms with Crippen LogP contribution in [0.5, 0.6) is 0 Å². The molecule has 108 valence electrons. The number of carbonyl (C=O) groups is 1. The van der Waals surface area contributed by atoms with Crippen molar-refractivity contribution in [1.29, 1.82) is 0 Å². The Labute approximate surface area is 123 Å². The summed E-state index contributed by atoms with van der Waals surface area (Å²) in [5.41, 5.74) is 8.32. The molecule has 0 bridgehead atoms. The molecule has 0 spiro atoms. The van der Waals surface area contributed by atoms with E-state index in [0.29, 0.717) is 12.1 Å². The minimum Gasteiger partial charge on any atom is -0.324 e. The fourth-order valence-electron chi connectivity index (χ4n) is 2.60. The van der Waals surface area contributed by atoms with E-state index in [1.165, 1.54) is 0 Å². The van der Waals surface area contributed by atoms with Crippen LogP contribution in [0.2, 0.25) is 0 Å². The Kier molecular flexibility index (Phi) is 3.83. The van der Waals surface area contributed by atoms with Gasteiger partial charge in [-0.3, -0.25) is 9.89 Å². The Bertz CT molecular complexity index is 647. The molecular formula is C16H18N4O. The van der Waals surface area contributed by atoms with Gasteiger partial charge in [-0.25, -0.2) is 0 Å². The van der Waals surface area contributed by atoms with Crippen LogP contribution in [0.1, 0.15) is 12.8 Å². The van der Waals surface area contributed by atoms with Crippen LogP contribution in [-0.4, -0.2) is 22.1 Å². The summed E-state index contributed by atoms with van der Waals surface area (Å²) in [6.45, 7) is 0. The van der Waals surface area contributed by atoms with Crippen LogP contribution < -0.4 is 11.1 Å². The lowest BCUT2D eigenvalue weighted by Crippen LogP contribution is -2.19. The third-order valence-electron chi connectivity index (χ3n) is 3.63. The van der Waals surface area contributed by atoms with E-state index in [1.54, 1.807) is 6.20 Å². The minimum absolute atomic E-state index is 0.0164. The van der Waals surface area contributed by atoms with Gasteiger partial charge in [-0.15, -0.1) is 0 Å². The number of aromatic nitrogens is 2. The second-order valence-corrected chi connectivity index (χ2v) is 5.32. The van der Waals surface area contributed by atoms with Gasteiger partial charge in [0, 0.05) is 18.0 Å². The van der Waals surface area contributed by atoms with Gasteiger partial charge in [0.05, 0.1) is 17.6 Å². The molecule has 1 aromatic carbocycles. The van der Waals surface area contributed by atoms with E-state index < -0.39 is 0 Å². The maximum atomic E-state index is 12.1. The normalized spacial score (nSPS) is 20.6. The van der Waals surface area contributed by atoms with Gasteiger partial charge < -0.3 is 11.1 Å². The van der Waals surface area contributed by atoms with E-state index in [-0.39, 0.29) is 17.9 Å². The molecule has 21 heavy (non-hydrogen) atoms. The smallest absolute Gasteiger partial charge is 0.225 e. The Balaban J connectivity index is 1.67. The van der Waals surface area contributed by atoms with Crippen LogP contribution in [0.3, 0.4) is 0 Å². The quantitative estimate of drug-likeness (QED) is 0.752. The second-order valence-electron chi connectivity index (χ2n) is 5.32. The summed E-state index contributed by atoms with van der Waals surface area (Å²) in [4.78, 5) is 12.1. The second kappa shape index (κ2) is 5.93. The first-order valence-electron chi connectivity index (χ1n) is 7.05. The molecule has 0 saturated heterocycles. The van der Waals surface area contributed by atoms with E-state index in [9.17, 15) is 4.79 Å². The zero-order valence-corrected chi connectivity index (χ0v) is 11.6. The van der Waals surface area contributed by atoms with Crippen molar-refractivity contribution in [3.63, 3.8) is 0 Å². The first kappa shape index (κ1) is 13.6. The topological polar surface area (TPSA) is 83.8 Å². The number of nitrogens with one attached hydrogen (secondary N) is 2. The fourth-order valence-corrected chi connectivity index (χ4v) is 2.60. The molecule has 0 fully saturated rings. The van der Waals surface area contributed by atoms with E-state index in [2.05, 4.69) is 15.5 Å². The Morgan fingerprint density at radius 1 is 1.33 bits per heavy atom. The summed E-state index contributed by atoms with van der Waals surface area (Å²) < 4.78 is 0. The molecule has 1 amide bonds. The third-order valence-corrected chi connectivity index (χ3v) is 3.63. The van der Waals surface area contributed by atoms with Gasteiger partial charge in [0.1, 0.15) is 0 Å². The number of allylic oxidation sites excluding steroid dienone is 1. The summed E-state index contributed by atoms with van der Waals surface area (Å²) in [6, 6.07) is 9.88. The molecule has 2 aromatic rings. The van der Waals surface area contributed by atoms with Crippen molar-refractivity contribution in [3.05, 3.63) is 48.7 Å². The van der Waals surface area contributed by atoms with Gasteiger partial charge in [0.2, 0.25) is 5.91 Å². The Morgan fingerprint density at radius 3 is 2.86 bits per heavy atom. The van der Waals surface area contributed by atoms with Gasteiger partial charge in [-0.2, -0.15) is 5.10 Å². The number of hydrogen-bond acceptors (Lipinski definition) is 3. The van der Waals surface area contributed by atoms with Crippen LogP contribution in [0.4, 0.5) is 5.69 Å². The lowest BCUT2D eigenvalue weighted by Gasteiger charge is -2.10. The first-order chi connectivity index (χ1) is 10.2. The van der Waals surface area contributed by atoms with E-state index in [4.69, 9.17) is 5.73 Å². The summed E-state index contributed by atoms with van der Waals surface area (Å²) in [6.07, 6.45) is 6.91. The Hall–Kier alpha value is -2.40. The standard InChI is InChI=1S/C16H18N4O/c17-13-7-6-11(8-13)9-15(21)19-14-10-18-20-16(14)12-4-2-1-3-5-12/h1-7,10-11,13H,8-9,17H2,(H,18,20)(H,19,21)/t11-,13+/m1/s1. The number of rotatable bonds is 4. The van der Waals surface area contributed by atoms with E-state index in [1.807, 2.05) is 42.5 Å². The summed E-state index contributed by atoms with van der Waals surface area (Å²) in [5, 5.41) is 9.87. The molecule has 1 aliphatic carbocycles. The molecule has 1 aliphatic rings. The number of hydrogen-bond donors (Lipinski definition) is 3. The van der Waals surface area contributed by atoms with Crippen molar-refractivity contribution < 1.29 is 4.79 Å². The van der Waals surface area contributed by atoms with Gasteiger partial charge in [-0.1, -0.05) is 42.5 Å². The predicted molar refractivity (Wildman–Crippen MR) is 82.5 cm³/mol. The number of H-pyrrole nitrogens is 1. The molecule has 1 aromatic heterocycles. The van der Waals surface area contributed by atoms with Crippen molar-refractivity contribution >= 4 is 11.6 Å². The molecular weight excluding hydrogens is 264 g/mol.